The summed E-state index contributed by atoms with van der Waals surface area (Å²) in [5.41, 5.74) is 4.32. The van der Waals surface area contributed by atoms with Crippen LogP contribution < -0.4 is 5.32 Å². The van der Waals surface area contributed by atoms with Crippen LogP contribution in [0.1, 0.15) is 50.2 Å². The fourth-order valence-electron chi connectivity index (χ4n) is 2.23. The highest BCUT2D eigenvalue weighted by atomic mass is 15.3. The maximum atomic E-state index is 4.49. The summed E-state index contributed by atoms with van der Waals surface area (Å²) >= 11 is 0. The molecule has 2 aromatic rings. The zero-order valence-corrected chi connectivity index (χ0v) is 12.6. The van der Waals surface area contributed by atoms with E-state index in [2.05, 4.69) is 43.1 Å². The van der Waals surface area contributed by atoms with Gasteiger partial charge in [-0.25, -0.2) is 9.50 Å². The van der Waals surface area contributed by atoms with Gasteiger partial charge in [0.05, 0.1) is 5.69 Å². The van der Waals surface area contributed by atoms with Crippen molar-refractivity contribution in [2.45, 2.75) is 47.1 Å². The lowest BCUT2D eigenvalue weighted by atomic mass is 10.1. The van der Waals surface area contributed by atoms with Crippen LogP contribution in [0.3, 0.4) is 0 Å². The summed E-state index contributed by atoms with van der Waals surface area (Å²) in [6, 6.07) is 2.31. The molecule has 2 aromatic heterocycles. The molecule has 0 spiro atoms. The van der Waals surface area contributed by atoms with E-state index in [0.29, 0.717) is 12.0 Å². The van der Waals surface area contributed by atoms with Gasteiger partial charge >= 0.3 is 0 Å². The Bertz CT molecular complexity index is 559. The molecule has 0 fully saturated rings. The van der Waals surface area contributed by atoms with E-state index in [9.17, 15) is 0 Å². The molecule has 2 rings (SSSR count). The minimum atomic E-state index is 0.301. The summed E-state index contributed by atoms with van der Waals surface area (Å²) in [4.78, 5) is 4.49. The third-order valence-corrected chi connectivity index (χ3v) is 3.82. The Labute approximate surface area is 115 Å². The van der Waals surface area contributed by atoms with Gasteiger partial charge < -0.3 is 5.32 Å². The summed E-state index contributed by atoms with van der Waals surface area (Å²) < 4.78 is 1.94. The van der Waals surface area contributed by atoms with Gasteiger partial charge in [0.2, 0.25) is 0 Å². The number of nitrogens with one attached hydrogen (secondary N) is 1. The number of hydrogen-bond donors (Lipinski definition) is 1. The molecule has 0 aliphatic heterocycles. The van der Waals surface area contributed by atoms with E-state index in [0.717, 1.165) is 17.9 Å². The molecule has 0 aromatic carbocycles. The molecule has 4 heteroatoms. The van der Waals surface area contributed by atoms with Gasteiger partial charge in [0.25, 0.3) is 0 Å². The number of hydrogen-bond acceptors (Lipinski definition) is 3. The SMILES string of the molecule is CCC(C)CNC(C)c1cnc2cc(C)nn2c1C. The minimum Gasteiger partial charge on any atom is -0.310 e. The highest BCUT2D eigenvalue weighted by molar-refractivity contribution is 5.42. The molecule has 2 atom stereocenters. The van der Waals surface area contributed by atoms with E-state index in [1.165, 1.54) is 17.7 Å². The first kappa shape index (κ1) is 14.0. The summed E-state index contributed by atoms with van der Waals surface area (Å²) in [6.45, 7) is 11.8. The maximum Gasteiger partial charge on any atom is 0.155 e. The molecule has 0 aliphatic rings. The zero-order valence-electron chi connectivity index (χ0n) is 12.6. The van der Waals surface area contributed by atoms with Gasteiger partial charge in [-0.1, -0.05) is 20.3 Å². The third-order valence-electron chi connectivity index (χ3n) is 3.82. The second-order valence-electron chi connectivity index (χ2n) is 5.50. The lowest BCUT2D eigenvalue weighted by molar-refractivity contribution is 0.458. The molecular weight excluding hydrogens is 236 g/mol. The van der Waals surface area contributed by atoms with Gasteiger partial charge in [-0.3, -0.25) is 0 Å². The van der Waals surface area contributed by atoms with Crippen LogP contribution in [0.2, 0.25) is 0 Å². The Morgan fingerprint density at radius 2 is 2.05 bits per heavy atom. The number of aromatic nitrogens is 3. The lowest BCUT2D eigenvalue weighted by Crippen LogP contribution is -2.25. The van der Waals surface area contributed by atoms with Crippen LogP contribution in [-0.4, -0.2) is 21.1 Å². The van der Waals surface area contributed by atoms with Gasteiger partial charge in [-0.05, 0) is 33.2 Å². The first-order valence-corrected chi connectivity index (χ1v) is 7.08. The second-order valence-corrected chi connectivity index (χ2v) is 5.50. The predicted molar refractivity (Wildman–Crippen MR) is 78.3 cm³/mol. The summed E-state index contributed by atoms with van der Waals surface area (Å²) in [5, 5.41) is 8.07. The summed E-state index contributed by atoms with van der Waals surface area (Å²) in [5.74, 6) is 0.700. The van der Waals surface area contributed by atoms with E-state index >= 15 is 0 Å². The van der Waals surface area contributed by atoms with Crippen molar-refractivity contribution in [3.05, 3.63) is 29.2 Å². The van der Waals surface area contributed by atoms with Gasteiger partial charge in [0, 0.05) is 29.6 Å². The van der Waals surface area contributed by atoms with Crippen LogP contribution in [0, 0.1) is 19.8 Å². The van der Waals surface area contributed by atoms with Crippen molar-refractivity contribution in [2.24, 2.45) is 5.92 Å². The van der Waals surface area contributed by atoms with E-state index in [1.807, 2.05) is 23.7 Å². The van der Waals surface area contributed by atoms with E-state index in [-0.39, 0.29) is 0 Å². The molecule has 2 heterocycles. The molecule has 1 N–H and O–H groups in total. The molecular formula is C15H24N4. The Balaban J connectivity index is 2.22. The number of rotatable bonds is 5. The van der Waals surface area contributed by atoms with Gasteiger partial charge in [-0.2, -0.15) is 5.10 Å². The zero-order chi connectivity index (χ0) is 14.0. The van der Waals surface area contributed by atoms with Crippen molar-refractivity contribution >= 4 is 5.65 Å². The highest BCUT2D eigenvalue weighted by Crippen LogP contribution is 2.18. The molecule has 2 unspecified atom stereocenters. The van der Waals surface area contributed by atoms with Crippen LogP contribution in [0.15, 0.2) is 12.3 Å². The standard InChI is InChI=1S/C15H24N4/c1-6-10(2)8-16-12(4)14-9-17-15-7-11(3)18-19(15)13(14)5/h7,9-10,12,16H,6,8H2,1-5H3. The van der Waals surface area contributed by atoms with Crippen LogP contribution >= 0.6 is 0 Å². The molecule has 0 bridgehead atoms. The van der Waals surface area contributed by atoms with Crippen molar-refractivity contribution in [3.63, 3.8) is 0 Å². The minimum absolute atomic E-state index is 0.301. The highest BCUT2D eigenvalue weighted by Gasteiger charge is 2.13. The van der Waals surface area contributed by atoms with E-state index in [4.69, 9.17) is 0 Å². The summed E-state index contributed by atoms with van der Waals surface area (Å²) in [6.07, 6.45) is 3.18. The number of fused-ring (bicyclic) bond motifs is 1. The topological polar surface area (TPSA) is 42.2 Å². The molecule has 19 heavy (non-hydrogen) atoms. The van der Waals surface area contributed by atoms with Gasteiger partial charge in [-0.15, -0.1) is 0 Å². The number of aryl methyl sites for hydroxylation is 2. The average Bonchev–Trinajstić information content (AvgIpc) is 2.77. The second kappa shape index (κ2) is 5.70. The largest absolute Gasteiger partial charge is 0.310 e. The smallest absolute Gasteiger partial charge is 0.155 e. The molecule has 104 valence electrons. The van der Waals surface area contributed by atoms with E-state index < -0.39 is 0 Å². The van der Waals surface area contributed by atoms with Crippen molar-refractivity contribution in [1.82, 2.24) is 19.9 Å². The maximum absolute atomic E-state index is 4.49. The van der Waals surface area contributed by atoms with Crippen LogP contribution in [-0.2, 0) is 0 Å². The van der Waals surface area contributed by atoms with Gasteiger partial charge in [0.1, 0.15) is 0 Å². The number of nitrogens with zero attached hydrogens (tertiary/aromatic N) is 3. The quantitative estimate of drug-likeness (QED) is 0.898. The Morgan fingerprint density at radius 3 is 2.74 bits per heavy atom. The molecule has 0 saturated carbocycles. The molecule has 0 amide bonds. The lowest BCUT2D eigenvalue weighted by Gasteiger charge is -2.18. The molecule has 0 saturated heterocycles. The third kappa shape index (κ3) is 2.95. The fourth-order valence-corrected chi connectivity index (χ4v) is 2.23. The van der Waals surface area contributed by atoms with Crippen LogP contribution in [0.25, 0.3) is 5.65 Å². The first-order valence-electron chi connectivity index (χ1n) is 7.08. The van der Waals surface area contributed by atoms with Crippen molar-refractivity contribution in [2.75, 3.05) is 6.54 Å². The Hall–Kier alpha value is -1.42. The fraction of sp³-hybridized carbons (Fsp3) is 0.600. The molecule has 4 nitrogen and oxygen atoms in total. The predicted octanol–water partition coefficient (Wildman–Crippen LogP) is 3.04. The first-order chi connectivity index (χ1) is 9.02. The average molecular weight is 260 g/mol. The van der Waals surface area contributed by atoms with Crippen molar-refractivity contribution in [1.29, 1.82) is 0 Å². The molecule has 0 aliphatic carbocycles. The summed E-state index contributed by atoms with van der Waals surface area (Å²) in [7, 11) is 0. The van der Waals surface area contributed by atoms with Crippen molar-refractivity contribution < 1.29 is 0 Å². The Morgan fingerprint density at radius 1 is 1.32 bits per heavy atom. The van der Waals surface area contributed by atoms with Crippen LogP contribution in [0.4, 0.5) is 0 Å². The Kier molecular flexibility index (Phi) is 4.20. The van der Waals surface area contributed by atoms with E-state index in [1.54, 1.807) is 0 Å². The monoisotopic (exact) mass is 260 g/mol. The van der Waals surface area contributed by atoms with Crippen molar-refractivity contribution in [3.8, 4) is 0 Å². The van der Waals surface area contributed by atoms with Gasteiger partial charge in [0.15, 0.2) is 5.65 Å². The van der Waals surface area contributed by atoms with Crippen LogP contribution in [0.5, 0.6) is 0 Å². The normalized spacial score (nSPS) is 14.8. The molecule has 0 radical (unpaired) electrons.